The maximum atomic E-state index is 12.0. The number of anilines is 2. The van der Waals surface area contributed by atoms with Gasteiger partial charge in [0.25, 0.3) is 5.91 Å². The van der Waals surface area contributed by atoms with E-state index in [1.165, 1.54) is 10.6 Å². The Hall–Kier alpha value is -2.15. The highest BCUT2D eigenvalue weighted by Gasteiger charge is 2.14. The third-order valence-corrected chi connectivity index (χ3v) is 3.35. The van der Waals surface area contributed by atoms with Gasteiger partial charge in [0, 0.05) is 19.3 Å². The molecular formula is C11H12N4O2S. The summed E-state index contributed by atoms with van der Waals surface area (Å²) in [5.74, 6) is -0.277. The van der Waals surface area contributed by atoms with Crippen molar-refractivity contribution in [2.45, 2.75) is 6.92 Å². The zero-order valence-electron chi connectivity index (χ0n) is 9.93. The average Bonchev–Trinajstić information content (AvgIpc) is 2.63. The summed E-state index contributed by atoms with van der Waals surface area (Å²) < 4.78 is 1.39. The van der Waals surface area contributed by atoms with E-state index >= 15 is 0 Å². The molecule has 2 aromatic rings. The minimum Gasteiger partial charge on any atom is -0.375 e. The summed E-state index contributed by atoms with van der Waals surface area (Å²) in [6, 6.07) is 2.95. The van der Waals surface area contributed by atoms with Gasteiger partial charge in [0.1, 0.15) is 4.88 Å². The maximum absolute atomic E-state index is 12.0. The molecule has 2 rings (SSSR count). The molecule has 0 aliphatic carbocycles. The second-order valence-corrected chi connectivity index (χ2v) is 4.82. The van der Waals surface area contributed by atoms with Crippen LogP contribution in [0.1, 0.15) is 15.4 Å². The van der Waals surface area contributed by atoms with Gasteiger partial charge in [-0.25, -0.2) is 4.98 Å². The number of aromatic nitrogens is 2. The minimum absolute atomic E-state index is 0.133. The predicted octanol–water partition coefficient (Wildman–Crippen LogP) is 0.985. The highest BCUT2D eigenvalue weighted by atomic mass is 32.1. The van der Waals surface area contributed by atoms with E-state index in [4.69, 9.17) is 5.73 Å². The molecule has 0 saturated carbocycles. The lowest BCUT2D eigenvalue weighted by Gasteiger charge is -2.05. The maximum Gasteiger partial charge on any atom is 0.267 e. The molecule has 0 spiro atoms. The van der Waals surface area contributed by atoms with Gasteiger partial charge in [0.15, 0.2) is 5.13 Å². The average molecular weight is 264 g/mol. The van der Waals surface area contributed by atoms with Crippen molar-refractivity contribution >= 4 is 28.1 Å². The molecule has 2 heterocycles. The van der Waals surface area contributed by atoms with Gasteiger partial charge < -0.3 is 15.6 Å². The van der Waals surface area contributed by atoms with Crippen LogP contribution >= 0.6 is 11.3 Å². The molecule has 0 fully saturated rings. The molecule has 6 nitrogen and oxygen atoms in total. The Kier molecular flexibility index (Phi) is 3.15. The van der Waals surface area contributed by atoms with Crippen LogP contribution in [0.5, 0.6) is 0 Å². The summed E-state index contributed by atoms with van der Waals surface area (Å²) in [6.07, 6.45) is 1.56. The van der Waals surface area contributed by atoms with Crippen molar-refractivity contribution in [2.24, 2.45) is 7.05 Å². The number of carbonyl (C=O) groups excluding carboxylic acids is 1. The molecule has 18 heavy (non-hydrogen) atoms. The van der Waals surface area contributed by atoms with E-state index in [1.807, 2.05) is 0 Å². The number of thiazole rings is 1. The first-order chi connectivity index (χ1) is 8.47. The Morgan fingerprint density at radius 1 is 1.50 bits per heavy atom. The molecule has 2 aromatic heterocycles. The Bertz CT molecular complexity index is 659. The van der Waals surface area contributed by atoms with Gasteiger partial charge in [-0.2, -0.15) is 0 Å². The van der Waals surface area contributed by atoms with Gasteiger partial charge in [-0.1, -0.05) is 11.3 Å². The number of hydrogen-bond acceptors (Lipinski definition) is 5. The second-order valence-electron chi connectivity index (χ2n) is 3.79. The van der Waals surface area contributed by atoms with E-state index in [1.54, 1.807) is 26.2 Å². The molecule has 0 aliphatic heterocycles. The van der Waals surface area contributed by atoms with Crippen molar-refractivity contribution in [1.29, 1.82) is 0 Å². The lowest BCUT2D eigenvalue weighted by Crippen LogP contribution is -2.17. The number of pyridine rings is 1. The van der Waals surface area contributed by atoms with Gasteiger partial charge in [0.2, 0.25) is 5.56 Å². The summed E-state index contributed by atoms with van der Waals surface area (Å²) in [7, 11) is 1.62. The fourth-order valence-corrected chi connectivity index (χ4v) is 2.21. The third-order valence-electron chi connectivity index (χ3n) is 2.36. The Morgan fingerprint density at radius 2 is 2.22 bits per heavy atom. The summed E-state index contributed by atoms with van der Waals surface area (Å²) in [5, 5.41) is 3.06. The van der Waals surface area contributed by atoms with E-state index in [9.17, 15) is 9.59 Å². The quantitative estimate of drug-likeness (QED) is 0.846. The summed E-state index contributed by atoms with van der Waals surface area (Å²) in [4.78, 5) is 27.6. The minimum atomic E-state index is -0.277. The number of nitrogens with one attached hydrogen (secondary N) is 1. The summed E-state index contributed by atoms with van der Waals surface area (Å²) in [6.45, 7) is 1.72. The van der Waals surface area contributed by atoms with Crippen LogP contribution in [0, 0.1) is 6.92 Å². The molecule has 7 heteroatoms. The van der Waals surface area contributed by atoms with E-state index in [0.29, 0.717) is 21.4 Å². The lowest BCUT2D eigenvalue weighted by molar-refractivity contribution is 0.103. The zero-order valence-corrected chi connectivity index (χ0v) is 10.7. The van der Waals surface area contributed by atoms with Crippen molar-refractivity contribution in [2.75, 3.05) is 11.1 Å². The van der Waals surface area contributed by atoms with Gasteiger partial charge in [-0.15, -0.1) is 0 Å². The van der Waals surface area contributed by atoms with Gasteiger partial charge >= 0.3 is 0 Å². The predicted molar refractivity (Wildman–Crippen MR) is 70.9 cm³/mol. The van der Waals surface area contributed by atoms with Crippen LogP contribution in [0.15, 0.2) is 23.1 Å². The normalized spacial score (nSPS) is 10.3. The fourth-order valence-electron chi connectivity index (χ4n) is 1.48. The van der Waals surface area contributed by atoms with E-state index < -0.39 is 0 Å². The standard InChI is InChI=1S/C11H12N4O2S/c1-6-9(18-11(12)13-6)10(17)14-7-3-4-8(16)15(2)5-7/h3-5H,1-2H3,(H2,12,13)(H,14,17). The van der Waals surface area contributed by atoms with Gasteiger partial charge in [-0.3, -0.25) is 9.59 Å². The number of aryl methyl sites for hydroxylation is 2. The fraction of sp³-hybridized carbons (Fsp3) is 0.182. The number of hydrogen-bond donors (Lipinski definition) is 2. The molecule has 0 atom stereocenters. The first kappa shape index (κ1) is 12.3. The number of carbonyl (C=O) groups is 1. The van der Waals surface area contributed by atoms with Crippen LogP contribution in [-0.2, 0) is 7.05 Å². The molecule has 0 bridgehead atoms. The van der Waals surface area contributed by atoms with Crippen LogP contribution in [-0.4, -0.2) is 15.5 Å². The van der Waals surface area contributed by atoms with Crippen LogP contribution in [0.2, 0.25) is 0 Å². The van der Waals surface area contributed by atoms with Crippen LogP contribution in [0.3, 0.4) is 0 Å². The number of nitrogens with zero attached hydrogens (tertiary/aromatic N) is 2. The molecule has 0 saturated heterocycles. The van der Waals surface area contributed by atoms with Crippen molar-refractivity contribution < 1.29 is 4.79 Å². The first-order valence-electron chi connectivity index (χ1n) is 5.18. The Morgan fingerprint density at radius 3 is 2.78 bits per heavy atom. The number of amides is 1. The van der Waals surface area contributed by atoms with Gasteiger partial charge in [0.05, 0.1) is 11.4 Å². The molecule has 0 unspecified atom stereocenters. The number of nitrogen functional groups attached to an aromatic ring is 1. The zero-order chi connectivity index (χ0) is 13.3. The molecule has 0 radical (unpaired) electrons. The smallest absolute Gasteiger partial charge is 0.267 e. The molecule has 3 N–H and O–H groups in total. The first-order valence-corrected chi connectivity index (χ1v) is 6.00. The Labute approximate surface area is 107 Å². The SMILES string of the molecule is Cc1nc(N)sc1C(=O)Nc1ccc(=O)n(C)c1. The lowest BCUT2D eigenvalue weighted by atomic mass is 10.3. The van der Waals surface area contributed by atoms with Crippen LogP contribution in [0.4, 0.5) is 10.8 Å². The molecular weight excluding hydrogens is 252 g/mol. The van der Waals surface area contributed by atoms with Crippen molar-refractivity contribution in [1.82, 2.24) is 9.55 Å². The summed E-state index contributed by atoms with van der Waals surface area (Å²) in [5.41, 5.74) is 6.55. The topological polar surface area (TPSA) is 90.0 Å². The highest BCUT2D eigenvalue weighted by molar-refractivity contribution is 7.17. The second kappa shape index (κ2) is 4.61. The monoisotopic (exact) mass is 264 g/mol. The highest BCUT2D eigenvalue weighted by Crippen LogP contribution is 2.20. The van der Waals surface area contributed by atoms with Crippen LogP contribution < -0.4 is 16.6 Å². The van der Waals surface area contributed by atoms with E-state index in [0.717, 1.165) is 11.3 Å². The van der Waals surface area contributed by atoms with Crippen molar-refractivity contribution in [3.05, 3.63) is 39.3 Å². The third kappa shape index (κ3) is 2.40. The van der Waals surface area contributed by atoms with E-state index in [-0.39, 0.29) is 11.5 Å². The van der Waals surface area contributed by atoms with Crippen LogP contribution in [0.25, 0.3) is 0 Å². The molecule has 0 aliphatic rings. The van der Waals surface area contributed by atoms with E-state index in [2.05, 4.69) is 10.3 Å². The van der Waals surface area contributed by atoms with Crippen molar-refractivity contribution in [3.8, 4) is 0 Å². The summed E-state index contributed by atoms with van der Waals surface area (Å²) >= 11 is 1.14. The largest absolute Gasteiger partial charge is 0.375 e. The number of rotatable bonds is 2. The molecule has 94 valence electrons. The van der Waals surface area contributed by atoms with Gasteiger partial charge in [-0.05, 0) is 13.0 Å². The number of nitrogens with two attached hydrogens (primary N) is 1. The Balaban J connectivity index is 2.24. The van der Waals surface area contributed by atoms with Crippen molar-refractivity contribution in [3.63, 3.8) is 0 Å². The molecule has 0 aromatic carbocycles. The molecule has 1 amide bonds.